The lowest BCUT2D eigenvalue weighted by molar-refractivity contribution is 1.17. The lowest BCUT2D eigenvalue weighted by Crippen LogP contribution is -1.96. The Kier molecular flexibility index (Phi) is 8.12. The lowest BCUT2D eigenvalue weighted by atomic mass is 9.84. The molecule has 294 valence electrons. The number of benzene rings is 10. The molecule has 0 aliphatic heterocycles. The van der Waals surface area contributed by atoms with Gasteiger partial charge in [0.15, 0.2) is 0 Å². The minimum atomic E-state index is 1.14. The van der Waals surface area contributed by atoms with Crippen LogP contribution in [-0.4, -0.2) is 9.13 Å². The minimum absolute atomic E-state index is 1.14. The third-order valence-electron chi connectivity index (χ3n) is 12.9. The number of hydrogen-bond donors (Lipinski definition) is 0. The highest BCUT2D eigenvalue weighted by atomic mass is 32.1. The number of nitrogens with zero attached hydrogens (tertiary/aromatic N) is 2. The second-order valence-corrected chi connectivity index (χ2v) is 17.5. The van der Waals surface area contributed by atoms with E-state index in [1.165, 1.54) is 114 Å². The summed E-state index contributed by atoms with van der Waals surface area (Å²) < 4.78 is 7.55. The molecule has 0 atom stereocenters. The summed E-state index contributed by atoms with van der Waals surface area (Å²) >= 11 is 1.88. The van der Waals surface area contributed by atoms with Gasteiger partial charge in [0.05, 0.1) is 32.5 Å². The predicted molar refractivity (Wildman–Crippen MR) is 270 cm³/mol. The van der Waals surface area contributed by atoms with Crippen LogP contribution in [0, 0.1) is 0 Å². The van der Waals surface area contributed by atoms with Crippen molar-refractivity contribution < 1.29 is 0 Å². The monoisotopic (exact) mass is 818 g/mol. The summed E-state index contributed by atoms with van der Waals surface area (Å²) in [5.41, 5.74) is 16.7. The van der Waals surface area contributed by atoms with Crippen molar-refractivity contribution in [1.82, 2.24) is 9.13 Å². The summed E-state index contributed by atoms with van der Waals surface area (Å²) in [6.07, 6.45) is 0. The van der Waals surface area contributed by atoms with Crippen molar-refractivity contribution in [3.05, 3.63) is 231 Å². The van der Waals surface area contributed by atoms with Crippen LogP contribution >= 0.6 is 11.3 Å². The SMILES string of the molecule is c1ccc(-c2cc(-c3ccccc3)c(-c3ccc4c(c3)c3cc(-n5c6ccccc6c6ccccc65)ccc3n4-c3cccc4c3sc3ccccc34)c(-c3ccccc3)c2)cc1. The van der Waals surface area contributed by atoms with Crippen LogP contribution in [0.25, 0.3) is 120 Å². The van der Waals surface area contributed by atoms with Gasteiger partial charge in [-0.15, -0.1) is 11.3 Å². The topological polar surface area (TPSA) is 9.86 Å². The predicted octanol–water partition coefficient (Wildman–Crippen LogP) is 16.9. The van der Waals surface area contributed by atoms with Gasteiger partial charge in [-0.3, -0.25) is 0 Å². The van der Waals surface area contributed by atoms with Crippen LogP contribution in [0.4, 0.5) is 0 Å². The molecule has 0 bridgehead atoms. The van der Waals surface area contributed by atoms with Gasteiger partial charge in [0.2, 0.25) is 0 Å². The Morgan fingerprint density at radius 1 is 0.286 bits per heavy atom. The van der Waals surface area contributed by atoms with Crippen molar-refractivity contribution >= 4 is 75.1 Å². The first kappa shape index (κ1) is 35.7. The van der Waals surface area contributed by atoms with E-state index in [9.17, 15) is 0 Å². The Hall–Kier alpha value is -7.98. The molecule has 0 amide bonds. The highest BCUT2D eigenvalue weighted by Gasteiger charge is 2.22. The van der Waals surface area contributed by atoms with Gasteiger partial charge < -0.3 is 9.13 Å². The minimum Gasteiger partial charge on any atom is -0.309 e. The molecule has 0 aliphatic rings. The van der Waals surface area contributed by atoms with Crippen LogP contribution in [0.2, 0.25) is 0 Å². The molecule has 63 heavy (non-hydrogen) atoms. The highest BCUT2D eigenvalue weighted by molar-refractivity contribution is 7.26. The molecule has 0 fully saturated rings. The molecule has 0 radical (unpaired) electrons. The molecule has 10 aromatic carbocycles. The average molecular weight is 819 g/mol. The summed E-state index contributed by atoms with van der Waals surface area (Å²) in [5.74, 6) is 0. The Labute approximate surface area is 368 Å². The van der Waals surface area contributed by atoms with E-state index in [1.807, 2.05) is 11.3 Å². The van der Waals surface area contributed by atoms with E-state index >= 15 is 0 Å². The summed E-state index contributed by atoms with van der Waals surface area (Å²) in [4.78, 5) is 0. The number of rotatable bonds is 6. The fourth-order valence-electron chi connectivity index (χ4n) is 10.1. The van der Waals surface area contributed by atoms with Crippen molar-refractivity contribution in [2.75, 3.05) is 0 Å². The van der Waals surface area contributed by atoms with Gasteiger partial charge in [-0.05, 0) is 111 Å². The van der Waals surface area contributed by atoms with Gasteiger partial charge >= 0.3 is 0 Å². The molecule has 13 rings (SSSR count). The van der Waals surface area contributed by atoms with Crippen molar-refractivity contribution in [2.24, 2.45) is 0 Å². The molecule has 0 N–H and O–H groups in total. The van der Waals surface area contributed by atoms with Gasteiger partial charge in [0.1, 0.15) is 0 Å². The van der Waals surface area contributed by atoms with Gasteiger partial charge in [0.25, 0.3) is 0 Å². The Bertz CT molecular complexity index is 3780. The fraction of sp³-hybridized carbons (Fsp3) is 0. The lowest BCUT2D eigenvalue weighted by Gasteiger charge is -2.19. The average Bonchev–Trinajstić information content (AvgIpc) is 4.02. The zero-order valence-electron chi connectivity index (χ0n) is 34.2. The molecule has 3 aromatic heterocycles. The van der Waals surface area contributed by atoms with Crippen LogP contribution in [0.1, 0.15) is 0 Å². The molecular weight excluding hydrogens is 781 g/mol. The van der Waals surface area contributed by atoms with E-state index in [1.54, 1.807) is 0 Å². The summed E-state index contributed by atoms with van der Waals surface area (Å²) in [6, 6.07) is 84.8. The van der Waals surface area contributed by atoms with Crippen LogP contribution in [0.5, 0.6) is 0 Å². The second-order valence-electron chi connectivity index (χ2n) is 16.4. The quantitative estimate of drug-likeness (QED) is 0.158. The van der Waals surface area contributed by atoms with Crippen LogP contribution in [-0.2, 0) is 0 Å². The van der Waals surface area contributed by atoms with Crippen molar-refractivity contribution in [1.29, 1.82) is 0 Å². The van der Waals surface area contributed by atoms with Gasteiger partial charge in [-0.1, -0.05) is 164 Å². The zero-order chi connectivity index (χ0) is 41.4. The van der Waals surface area contributed by atoms with Crippen molar-refractivity contribution in [3.63, 3.8) is 0 Å². The Balaban J connectivity index is 1.14. The van der Waals surface area contributed by atoms with Gasteiger partial charge in [-0.25, -0.2) is 0 Å². The van der Waals surface area contributed by atoms with Gasteiger partial charge in [-0.2, -0.15) is 0 Å². The molecule has 13 aromatic rings. The van der Waals surface area contributed by atoms with Crippen LogP contribution < -0.4 is 0 Å². The number of hydrogen-bond acceptors (Lipinski definition) is 1. The third kappa shape index (κ3) is 5.64. The number of thiophene rings is 1. The maximum atomic E-state index is 2.51. The number of aromatic nitrogens is 2. The first-order valence-corrected chi connectivity index (χ1v) is 22.4. The van der Waals surface area contributed by atoms with Crippen LogP contribution in [0.15, 0.2) is 231 Å². The Morgan fingerprint density at radius 3 is 1.44 bits per heavy atom. The summed E-state index contributed by atoms with van der Waals surface area (Å²) in [7, 11) is 0. The van der Waals surface area contributed by atoms with Crippen molar-refractivity contribution in [2.45, 2.75) is 0 Å². The Morgan fingerprint density at radius 2 is 0.794 bits per heavy atom. The molecule has 3 heterocycles. The molecule has 3 heteroatoms. The van der Waals surface area contributed by atoms with E-state index < -0.39 is 0 Å². The molecule has 0 saturated carbocycles. The standard InChI is InChI=1S/C60H38N2S/c1-4-17-39(18-5-1)43-36-49(40-19-6-2-7-20-40)59(50(37-43)41-21-8-3-9-22-41)42-31-33-55-51(35-42)52-38-44(61-53-27-13-10-23-45(53)46-24-11-14-28-54(46)61)32-34-56(52)62(55)57-29-16-26-48-47-25-12-15-30-58(47)63-60(48)57/h1-38H. The largest absolute Gasteiger partial charge is 0.309 e. The molecular formula is C60H38N2S. The summed E-state index contributed by atoms with van der Waals surface area (Å²) in [6.45, 7) is 0. The zero-order valence-corrected chi connectivity index (χ0v) is 35.1. The molecule has 0 saturated heterocycles. The first-order valence-electron chi connectivity index (χ1n) is 21.6. The normalized spacial score (nSPS) is 11.8. The first-order chi connectivity index (χ1) is 31.3. The van der Waals surface area contributed by atoms with E-state index in [-0.39, 0.29) is 0 Å². The van der Waals surface area contributed by atoms with E-state index in [0.29, 0.717) is 0 Å². The summed E-state index contributed by atoms with van der Waals surface area (Å²) in [5, 5.41) is 7.54. The number of para-hydroxylation sites is 2. The molecule has 0 spiro atoms. The van der Waals surface area contributed by atoms with E-state index in [2.05, 4.69) is 240 Å². The highest BCUT2D eigenvalue weighted by Crippen LogP contribution is 2.47. The maximum Gasteiger partial charge on any atom is 0.0640 e. The third-order valence-corrected chi connectivity index (χ3v) is 14.1. The van der Waals surface area contributed by atoms with Crippen molar-refractivity contribution in [3.8, 4) is 55.9 Å². The molecule has 0 aliphatic carbocycles. The fourth-order valence-corrected chi connectivity index (χ4v) is 11.3. The van der Waals surface area contributed by atoms with E-state index in [0.717, 1.165) is 5.69 Å². The maximum absolute atomic E-state index is 2.51. The molecule has 0 unspecified atom stereocenters. The van der Waals surface area contributed by atoms with E-state index in [4.69, 9.17) is 0 Å². The molecule has 2 nitrogen and oxygen atoms in total. The smallest absolute Gasteiger partial charge is 0.0640 e. The second kappa shape index (κ2) is 14.3. The van der Waals surface area contributed by atoms with Gasteiger partial charge in [0, 0.05) is 42.7 Å². The number of fused-ring (bicyclic) bond motifs is 9. The van der Waals surface area contributed by atoms with Crippen LogP contribution in [0.3, 0.4) is 0 Å².